The highest BCUT2D eigenvalue weighted by atomic mass is 32.2. The molecule has 10 heteroatoms. The van der Waals surface area contributed by atoms with E-state index in [1.807, 2.05) is 42.5 Å². The molecule has 3 N–H and O–H groups in total. The number of nitrogens with one attached hydrogen (secondary N) is 1. The first-order valence-corrected chi connectivity index (χ1v) is 13.3. The van der Waals surface area contributed by atoms with Crippen LogP contribution < -0.4 is 10.5 Å². The number of methoxy groups -OCH3 is 1. The van der Waals surface area contributed by atoms with Gasteiger partial charge in [-0.25, -0.2) is 28.1 Å². The third kappa shape index (κ3) is 4.75. The molecule has 3 heterocycles. The van der Waals surface area contributed by atoms with Gasteiger partial charge in [0.05, 0.1) is 23.2 Å². The summed E-state index contributed by atoms with van der Waals surface area (Å²) in [5.41, 5.74) is 9.35. The minimum Gasteiger partial charge on any atom is -0.384 e. The average molecular weight is 505 g/mol. The Kier molecular flexibility index (Phi) is 6.82. The van der Waals surface area contributed by atoms with Crippen LogP contribution in [0.15, 0.2) is 65.7 Å². The number of hydrogen-bond donors (Lipinski definition) is 2. The SMILES string of the molecule is COCCc1nc2c(N)nc3ccccc3c2n1CCCCNS(=O)(=O)c1ccc2ccccc2n1. The van der Waals surface area contributed by atoms with Crippen LogP contribution in [0.25, 0.3) is 32.8 Å². The van der Waals surface area contributed by atoms with Gasteiger partial charge in [0.15, 0.2) is 10.8 Å². The number of aryl methyl sites for hydroxylation is 1. The molecule has 0 radical (unpaired) electrons. The van der Waals surface area contributed by atoms with E-state index in [0.717, 1.165) is 34.1 Å². The van der Waals surface area contributed by atoms with Crippen LogP contribution >= 0.6 is 0 Å². The highest BCUT2D eigenvalue weighted by Gasteiger charge is 2.18. The minimum absolute atomic E-state index is 0.0260. The van der Waals surface area contributed by atoms with Crippen molar-refractivity contribution < 1.29 is 13.2 Å². The van der Waals surface area contributed by atoms with Gasteiger partial charge < -0.3 is 15.0 Å². The molecule has 0 bridgehead atoms. The first-order valence-electron chi connectivity index (χ1n) is 11.9. The number of anilines is 1. The number of nitrogens with two attached hydrogens (primary N) is 1. The van der Waals surface area contributed by atoms with E-state index in [2.05, 4.69) is 19.3 Å². The molecule has 0 unspecified atom stereocenters. The van der Waals surface area contributed by atoms with E-state index >= 15 is 0 Å². The first-order chi connectivity index (χ1) is 17.5. The fourth-order valence-corrected chi connectivity index (χ4v) is 5.43. The number of nitrogens with zero attached hydrogens (tertiary/aromatic N) is 4. The molecule has 0 aliphatic heterocycles. The third-order valence-electron chi connectivity index (χ3n) is 6.17. The van der Waals surface area contributed by atoms with Gasteiger partial charge in [0.1, 0.15) is 11.3 Å². The molecule has 186 valence electrons. The van der Waals surface area contributed by atoms with Gasteiger partial charge >= 0.3 is 0 Å². The number of sulfonamides is 1. The highest BCUT2D eigenvalue weighted by Crippen LogP contribution is 2.29. The number of hydrogen-bond acceptors (Lipinski definition) is 7. The molecule has 0 aliphatic carbocycles. The van der Waals surface area contributed by atoms with Crippen LogP contribution in [-0.4, -0.2) is 48.2 Å². The molecule has 5 rings (SSSR count). The van der Waals surface area contributed by atoms with Gasteiger partial charge in [0.2, 0.25) is 0 Å². The molecule has 0 atom stereocenters. The Hall–Kier alpha value is -3.60. The molecule has 0 saturated heterocycles. The Morgan fingerprint density at radius 1 is 0.944 bits per heavy atom. The molecular formula is C26H28N6O3S. The molecule has 3 aromatic heterocycles. The molecule has 0 amide bonds. The van der Waals surface area contributed by atoms with Crippen molar-refractivity contribution in [2.24, 2.45) is 0 Å². The standard InChI is InChI=1S/C26H28N6O3S/c1-35-17-14-22-31-24-25(19-9-3-5-11-21(19)30-26(24)27)32(22)16-7-6-15-28-36(33,34)23-13-12-18-8-2-4-10-20(18)29-23/h2-5,8-13,28H,6-7,14-17H2,1H3,(H2,27,30). The lowest BCUT2D eigenvalue weighted by Gasteiger charge is -2.11. The maximum absolute atomic E-state index is 12.8. The smallest absolute Gasteiger partial charge is 0.258 e. The largest absolute Gasteiger partial charge is 0.384 e. The molecule has 0 spiro atoms. The van der Waals surface area contributed by atoms with E-state index in [1.54, 1.807) is 19.2 Å². The average Bonchev–Trinajstić information content (AvgIpc) is 3.26. The number of aromatic nitrogens is 4. The van der Waals surface area contributed by atoms with Gasteiger partial charge in [0, 0.05) is 37.4 Å². The zero-order chi connectivity index (χ0) is 25.1. The zero-order valence-electron chi connectivity index (χ0n) is 20.0. The maximum Gasteiger partial charge on any atom is 0.258 e. The Balaban J connectivity index is 1.31. The predicted octanol–water partition coefficient (Wildman–Crippen LogP) is 3.66. The zero-order valence-corrected chi connectivity index (χ0v) is 20.8. The lowest BCUT2D eigenvalue weighted by atomic mass is 10.2. The van der Waals surface area contributed by atoms with E-state index < -0.39 is 10.0 Å². The summed E-state index contributed by atoms with van der Waals surface area (Å²) in [6.45, 7) is 1.51. The summed E-state index contributed by atoms with van der Waals surface area (Å²) in [7, 11) is -2.04. The van der Waals surface area contributed by atoms with Crippen molar-refractivity contribution >= 4 is 48.7 Å². The van der Waals surface area contributed by atoms with Gasteiger partial charge in [0.25, 0.3) is 10.0 Å². The van der Waals surface area contributed by atoms with Gasteiger partial charge in [-0.2, -0.15) is 0 Å². The fourth-order valence-electron chi connectivity index (χ4n) is 4.40. The van der Waals surface area contributed by atoms with Crippen LogP contribution in [0, 0.1) is 0 Å². The van der Waals surface area contributed by atoms with Crippen LogP contribution in [0.3, 0.4) is 0 Å². The van der Waals surface area contributed by atoms with Crippen molar-refractivity contribution in [1.29, 1.82) is 0 Å². The Bertz CT molecular complexity index is 1650. The van der Waals surface area contributed by atoms with Crippen molar-refractivity contribution in [3.63, 3.8) is 0 Å². The first kappa shape index (κ1) is 24.1. The molecule has 0 fully saturated rings. The Labute approximate surface area is 209 Å². The topological polar surface area (TPSA) is 125 Å². The number of nitrogen functional groups attached to an aromatic ring is 1. The Morgan fingerprint density at radius 2 is 1.72 bits per heavy atom. The molecule has 0 saturated carbocycles. The number of imidazole rings is 1. The van der Waals surface area contributed by atoms with Gasteiger partial charge in [-0.1, -0.05) is 36.4 Å². The number of fused-ring (bicyclic) bond motifs is 4. The Morgan fingerprint density at radius 3 is 2.56 bits per heavy atom. The summed E-state index contributed by atoms with van der Waals surface area (Å²) >= 11 is 0. The van der Waals surface area contributed by atoms with Gasteiger partial charge in [-0.15, -0.1) is 0 Å². The van der Waals surface area contributed by atoms with Crippen molar-refractivity contribution in [2.75, 3.05) is 26.0 Å². The van der Waals surface area contributed by atoms with Crippen molar-refractivity contribution in [1.82, 2.24) is 24.2 Å². The number of ether oxygens (including phenoxy) is 1. The molecule has 0 aliphatic rings. The van der Waals surface area contributed by atoms with Gasteiger partial charge in [-0.05, 0) is 37.1 Å². The summed E-state index contributed by atoms with van der Waals surface area (Å²) in [5.74, 6) is 1.27. The van der Waals surface area contributed by atoms with Crippen molar-refractivity contribution in [3.05, 3.63) is 66.5 Å². The van der Waals surface area contributed by atoms with E-state index in [-0.39, 0.29) is 5.03 Å². The molecule has 9 nitrogen and oxygen atoms in total. The predicted molar refractivity (Wildman–Crippen MR) is 141 cm³/mol. The molecular weight excluding hydrogens is 476 g/mol. The number of pyridine rings is 2. The lowest BCUT2D eigenvalue weighted by Crippen LogP contribution is -2.25. The van der Waals surface area contributed by atoms with Gasteiger partial charge in [-0.3, -0.25) is 0 Å². The van der Waals surface area contributed by atoms with Crippen molar-refractivity contribution in [2.45, 2.75) is 30.8 Å². The molecule has 5 aromatic rings. The number of unbranched alkanes of at least 4 members (excludes halogenated alkanes) is 1. The summed E-state index contributed by atoms with van der Waals surface area (Å²) in [6, 6.07) is 18.6. The van der Waals surface area contributed by atoms with Crippen LogP contribution in [0.1, 0.15) is 18.7 Å². The van der Waals surface area contributed by atoms with E-state index in [1.165, 1.54) is 6.07 Å². The fraction of sp³-hybridized carbons (Fsp3) is 0.269. The second-order valence-corrected chi connectivity index (χ2v) is 10.3. The second-order valence-electron chi connectivity index (χ2n) is 8.58. The lowest BCUT2D eigenvalue weighted by molar-refractivity contribution is 0.199. The van der Waals surface area contributed by atoms with E-state index in [4.69, 9.17) is 15.5 Å². The van der Waals surface area contributed by atoms with Crippen LogP contribution in [-0.2, 0) is 27.7 Å². The second kappa shape index (κ2) is 10.2. The summed E-state index contributed by atoms with van der Waals surface area (Å²) < 4.78 is 35.7. The number of rotatable bonds is 10. The van der Waals surface area contributed by atoms with Crippen LogP contribution in [0.5, 0.6) is 0 Å². The normalized spacial score (nSPS) is 12.1. The summed E-state index contributed by atoms with van der Waals surface area (Å²) in [4.78, 5) is 13.6. The molecule has 2 aromatic carbocycles. The van der Waals surface area contributed by atoms with Crippen LogP contribution in [0.2, 0.25) is 0 Å². The summed E-state index contributed by atoms with van der Waals surface area (Å²) in [5, 5.41) is 1.91. The summed E-state index contributed by atoms with van der Waals surface area (Å²) in [6.07, 6.45) is 2.03. The highest BCUT2D eigenvalue weighted by molar-refractivity contribution is 7.89. The maximum atomic E-state index is 12.8. The quantitative estimate of drug-likeness (QED) is 0.278. The molecule has 36 heavy (non-hydrogen) atoms. The van der Waals surface area contributed by atoms with Crippen LogP contribution in [0.4, 0.5) is 5.82 Å². The minimum atomic E-state index is -3.70. The number of para-hydroxylation sites is 2. The van der Waals surface area contributed by atoms with E-state index in [9.17, 15) is 8.42 Å². The van der Waals surface area contributed by atoms with Crippen molar-refractivity contribution in [3.8, 4) is 0 Å². The van der Waals surface area contributed by atoms with E-state index in [0.29, 0.717) is 49.4 Å². The number of benzene rings is 2. The monoisotopic (exact) mass is 504 g/mol. The third-order valence-corrected chi connectivity index (χ3v) is 7.53.